The van der Waals surface area contributed by atoms with Crippen LogP contribution < -0.4 is 16.0 Å². The van der Waals surface area contributed by atoms with Gasteiger partial charge in [0.1, 0.15) is 0 Å². The number of aromatic nitrogens is 2. The third-order valence-electron chi connectivity index (χ3n) is 4.17. The molecule has 9 heteroatoms. The molecule has 0 bridgehead atoms. The molecule has 0 aliphatic carbocycles. The second-order valence-corrected chi connectivity index (χ2v) is 8.07. The average Bonchev–Trinajstić information content (AvgIpc) is 3.33. The lowest BCUT2D eigenvalue weighted by Gasteiger charge is -2.16. The van der Waals surface area contributed by atoms with Crippen LogP contribution in [0.2, 0.25) is 0 Å². The zero-order valence-electron chi connectivity index (χ0n) is 16.2. The Bertz CT molecular complexity index is 783. The summed E-state index contributed by atoms with van der Waals surface area (Å²) in [5.41, 5.74) is 1.79. The number of anilines is 1. The molecule has 0 radical (unpaired) electrons. The molecule has 150 valence electrons. The Balaban J connectivity index is 1.61. The number of rotatable bonds is 6. The Morgan fingerprint density at radius 2 is 2.18 bits per heavy atom. The van der Waals surface area contributed by atoms with Crippen LogP contribution in [-0.4, -0.2) is 46.8 Å². The molecule has 1 unspecified atom stereocenters. The smallest absolute Gasteiger partial charge is 0.229 e. The maximum Gasteiger partial charge on any atom is 0.229 e. The number of hydrogen-bond donors (Lipinski definition) is 3. The van der Waals surface area contributed by atoms with Crippen molar-refractivity contribution < 1.29 is 4.74 Å². The Morgan fingerprint density at radius 3 is 2.86 bits per heavy atom. The topological polar surface area (TPSA) is 83.5 Å². The van der Waals surface area contributed by atoms with E-state index in [1.165, 1.54) is 4.88 Å². The molecule has 2 aromatic rings. The van der Waals surface area contributed by atoms with Gasteiger partial charge >= 0.3 is 0 Å². The molecule has 1 fully saturated rings. The minimum absolute atomic E-state index is 0.217. The largest absolute Gasteiger partial charge is 0.376 e. The van der Waals surface area contributed by atoms with Gasteiger partial charge in [0.15, 0.2) is 5.11 Å². The fourth-order valence-corrected chi connectivity index (χ4v) is 3.77. The number of ether oxygens (including phenoxy) is 1. The summed E-state index contributed by atoms with van der Waals surface area (Å²) in [7, 11) is 0. The number of nitrogens with zero attached hydrogens (tertiary/aromatic N) is 3. The minimum atomic E-state index is 0.217. The Kier molecular flexibility index (Phi) is 7.70. The van der Waals surface area contributed by atoms with Gasteiger partial charge in [-0.25, -0.2) is 9.97 Å². The highest BCUT2D eigenvalue weighted by atomic mass is 32.1. The third kappa shape index (κ3) is 6.81. The molecule has 3 heterocycles. The van der Waals surface area contributed by atoms with E-state index >= 15 is 0 Å². The van der Waals surface area contributed by atoms with E-state index in [9.17, 15) is 0 Å². The van der Waals surface area contributed by atoms with Gasteiger partial charge in [0.25, 0.3) is 0 Å². The molecular formula is C19H26N6OS2. The normalized spacial score (nSPS) is 16.8. The van der Waals surface area contributed by atoms with Crippen LogP contribution in [0, 0.1) is 13.8 Å². The van der Waals surface area contributed by atoms with Crippen molar-refractivity contribution in [3.05, 3.63) is 39.8 Å². The van der Waals surface area contributed by atoms with Crippen molar-refractivity contribution in [1.29, 1.82) is 0 Å². The summed E-state index contributed by atoms with van der Waals surface area (Å²) in [5, 5.41) is 12.1. The van der Waals surface area contributed by atoms with Crippen LogP contribution in [-0.2, 0) is 11.2 Å². The van der Waals surface area contributed by atoms with Crippen molar-refractivity contribution >= 4 is 40.6 Å². The first-order valence-electron chi connectivity index (χ1n) is 9.41. The summed E-state index contributed by atoms with van der Waals surface area (Å²) in [6, 6.07) is 6.09. The van der Waals surface area contributed by atoms with Gasteiger partial charge in [-0.3, -0.25) is 10.3 Å². The Hall–Kier alpha value is -2.10. The van der Waals surface area contributed by atoms with Gasteiger partial charge in [-0.2, -0.15) is 0 Å². The van der Waals surface area contributed by atoms with E-state index in [-0.39, 0.29) is 6.10 Å². The van der Waals surface area contributed by atoms with Crippen molar-refractivity contribution in [3.8, 4) is 0 Å². The van der Waals surface area contributed by atoms with Gasteiger partial charge in [-0.1, -0.05) is 6.07 Å². The Labute approximate surface area is 175 Å². The number of hydrogen-bond acceptors (Lipinski definition) is 6. The number of aliphatic imine (C=N–C) groups is 1. The van der Waals surface area contributed by atoms with Crippen molar-refractivity contribution in [2.24, 2.45) is 4.99 Å². The summed E-state index contributed by atoms with van der Waals surface area (Å²) in [4.78, 5) is 14.8. The van der Waals surface area contributed by atoms with Gasteiger partial charge < -0.3 is 15.4 Å². The van der Waals surface area contributed by atoms with Crippen LogP contribution in [0.5, 0.6) is 0 Å². The van der Waals surface area contributed by atoms with Gasteiger partial charge in [0, 0.05) is 42.4 Å². The first kappa shape index (κ1) is 20.6. The summed E-state index contributed by atoms with van der Waals surface area (Å²) in [5.74, 6) is 1.04. The van der Waals surface area contributed by atoms with Crippen molar-refractivity contribution in [2.45, 2.75) is 39.2 Å². The van der Waals surface area contributed by atoms with Gasteiger partial charge in [0.05, 0.1) is 6.10 Å². The molecule has 0 amide bonds. The predicted octanol–water partition coefficient (Wildman–Crippen LogP) is 2.81. The molecule has 3 N–H and O–H groups in total. The van der Waals surface area contributed by atoms with E-state index in [1.54, 1.807) is 11.3 Å². The number of nitrogens with one attached hydrogen (secondary N) is 3. The monoisotopic (exact) mass is 418 g/mol. The molecule has 2 aromatic heterocycles. The highest BCUT2D eigenvalue weighted by Gasteiger charge is 2.15. The Morgan fingerprint density at radius 1 is 1.36 bits per heavy atom. The lowest BCUT2D eigenvalue weighted by Crippen LogP contribution is -2.45. The quantitative estimate of drug-likeness (QED) is 0.378. The maximum absolute atomic E-state index is 5.62. The molecule has 1 aliphatic heterocycles. The first-order valence-corrected chi connectivity index (χ1v) is 10.7. The van der Waals surface area contributed by atoms with Gasteiger partial charge in [-0.15, -0.1) is 11.3 Å². The van der Waals surface area contributed by atoms with Crippen LogP contribution in [0.3, 0.4) is 0 Å². The zero-order valence-corrected chi connectivity index (χ0v) is 17.8. The first-order chi connectivity index (χ1) is 13.6. The number of thiophene rings is 1. The average molecular weight is 419 g/mol. The summed E-state index contributed by atoms with van der Waals surface area (Å²) < 4.78 is 5.62. The summed E-state index contributed by atoms with van der Waals surface area (Å²) >= 11 is 7.16. The molecule has 7 nitrogen and oxygen atoms in total. The van der Waals surface area contributed by atoms with Crippen molar-refractivity contribution in [3.63, 3.8) is 0 Å². The second-order valence-electron chi connectivity index (χ2n) is 6.63. The molecule has 1 saturated heterocycles. The van der Waals surface area contributed by atoms with Crippen molar-refractivity contribution in [1.82, 2.24) is 20.6 Å². The fourth-order valence-electron chi connectivity index (χ4n) is 2.89. The van der Waals surface area contributed by atoms with E-state index in [1.807, 2.05) is 19.9 Å². The van der Waals surface area contributed by atoms with Gasteiger partial charge in [-0.05, 0) is 56.4 Å². The fraction of sp³-hybridized carbons (Fsp3) is 0.474. The molecular weight excluding hydrogens is 392 g/mol. The zero-order chi connectivity index (χ0) is 19.8. The summed E-state index contributed by atoms with van der Waals surface area (Å²) in [6.45, 7) is 6.03. The SMILES string of the molecule is Cc1cc(C)nc(NC(=NCCc2cccs2)NC(=S)NCC2CCCO2)n1. The number of aryl methyl sites for hydroxylation is 2. The molecule has 1 atom stereocenters. The maximum atomic E-state index is 5.62. The highest BCUT2D eigenvalue weighted by Crippen LogP contribution is 2.11. The molecule has 1 aliphatic rings. The van der Waals surface area contributed by atoms with E-state index in [4.69, 9.17) is 17.0 Å². The predicted molar refractivity (Wildman–Crippen MR) is 118 cm³/mol. The lowest BCUT2D eigenvalue weighted by molar-refractivity contribution is 0.114. The number of guanidine groups is 1. The van der Waals surface area contributed by atoms with Crippen LogP contribution in [0.15, 0.2) is 28.6 Å². The molecule has 3 rings (SSSR count). The van der Waals surface area contributed by atoms with Crippen molar-refractivity contribution in [2.75, 3.05) is 25.0 Å². The number of thiocarbonyl (C=S) groups is 1. The molecule has 28 heavy (non-hydrogen) atoms. The third-order valence-corrected chi connectivity index (χ3v) is 5.35. The van der Waals surface area contributed by atoms with Crippen LogP contribution >= 0.6 is 23.6 Å². The standard InChI is InChI=1S/C19H26N6OS2/c1-13-11-14(2)23-18(22-13)24-17(20-8-7-16-6-4-10-28-16)25-19(27)21-12-15-5-3-9-26-15/h4,6,10-11,15H,3,5,7-9,12H2,1-2H3,(H3,20,21,22,23,24,25,27). The lowest BCUT2D eigenvalue weighted by atomic mass is 10.2. The van der Waals surface area contributed by atoms with E-state index < -0.39 is 0 Å². The molecule has 0 saturated carbocycles. The van der Waals surface area contributed by atoms with Crippen LogP contribution in [0.25, 0.3) is 0 Å². The second kappa shape index (κ2) is 10.4. The van der Waals surface area contributed by atoms with Crippen LogP contribution in [0.1, 0.15) is 29.1 Å². The molecule has 0 spiro atoms. The van der Waals surface area contributed by atoms with E-state index in [0.717, 1.165) is 37.3 Å². The summed E-state index contributed by atoms with van der Waals surface area (Å²) in [6.07, 6.45) is 3.25. The van der Waals surface area contributed by atoms with E-state index in [2.05, 4.69) is 48.4 Å². The highest BCUT2D eigenvalue weighted by molar-refractivity contribution is 7.80. The van der Waals surface area contributed by atoms with Crippen LogP contribution in [0.4, 0.5) is 5.95 Å². The minimum Gasteiger partial charge on any atom is -0.376 e. The molecule has 0 aromatic carbocycles. The van der Waals surface area contributed by atoms with E-state index in [0.29, 0.717) is 30.1 Å². The van der Waals surface area contributed by atoms with Gasteiger partial charge in [0.2, 0.25) is 11.9 Å².